The van der Waals surface area contributed by atoms with Crippen LogP contribution in [0.4, 0.5) is 4.39 Å². The first-order valence-electron chi connectivity index (χ1n) is 8.56. The van der Waals surface area contributed by atoms with Crippen LogP contribution in [0.2, 0.25) is 0 Å². The zero-order chi connectivity index (χ0) is 17.6. The second-order valence-electron chi connectivity index (χ2n) is 6.92. The standard InChI is InChI=1S/C17H20FN5O2/c1-21-9-11(7-16(21)24)17(25)22-6-2-3-13(10-22)23-15-5-4-12(18)8-14(15)19-20-23/h4-5,8,11,13H,2-3,6-7,9-10H2,1H3/t11-,13-/m0/s1. The van der Waals surface area contributed by atoms with Gasteiger partial charge in [-0.25, -0.2) is 9.07 Å². The minimum Gasteiger partial charge on any atom is -0.345 e. The van der Waals surface area contributed by atoms with Gasteiger partial charge in [-0.05, 0) is 25.0 Å². The molecule has 0 N–H and O–H groups in total. The van der Waals surface area contributed by atoms with E-state index < -0.39 is 0 Å². The molecule has 0 bridgehead atoms. The first-order valence-corrected chi connectivity index (χ1v) is 8.56. The number of hydrogen-bond donors (Lipinski definition) is 0. The number of carbonyl (C=O) groups is 2. The van der Waals surface area contributed by atoms with E-state index in [1.807, 2.05) is 4.90 Å². The number of piperidine rings is 1. The molecule has 2 aromatic rings. The Balaban J connectivity index is 1.52. The number of rotatable bonds is 2. The topological polar surface area (TPSA) is 71.3 Å². The van der Waals surface area contributed by atoms with E-state index in [2.05, 4.69) is 10.3 Å². The van der Waals surface area contributed by atoms with Crippen LogP contribution in [-0.4, -0.2) is 63.3 Å². The minimum absolute atomic E-state index is 0.0167. The number of likely N-dealkylation sites (tertiary alicyclic amines) is 2. The van der Waals surface area contributed by atoms with E-state index in [1.165, 1.54) is 12.1 Å². The van der Waals surface area contributed by atoms with Crippen LogP contribution in [0.15, 0.2) is 18.2 Å². The summed E-state index contributed by atoms with van der Waals surface area (Å²) in [6.07, 6.45) is 2.06. The van der Waals surface area contributed by atoms with Crippen molar-refractivity contribution in [2.45, 2.75) is 25.3 Å². The van der Waals surface area contributed by atoms with Crippen LogP contribution in [0.5, 0.6) is 0 Å². The van der Waals surface area contributed by atoms with E-state index in [0.717, 1.165) is 18.4 Å². The van der Waals surface area contributed by atoms with E-state index >= 15 is 0 Å². The summed E-state index contributed by atoms with van der Waals surface area (Å²) in [4.78, 5) is 27.9. The molecule has 8 heteroatoms. The lowest BCUT2D eigenvalue weighted by Crippen LogP contribution is -2.44. The lowest BCUT2D eigenvalue weighted by Gasteiger charge is -2.34. The Hall–Kier alpha value is -2.51. The summed E-state index contributed by atoms with van der Waals surface area (Å²) in [5.41, 5.74) is 1.29. The van der Waals surface area contributed by atoms with E-state index in [1.54, 1.807) is 22.7 Å². The zero-order valence-electron chi connectivity index (χ0n) is 14.1. The molecule has 0 aliphatic carbocycles. The minimum atomic E-state index is -0.338. The third-order valence-corrected chi connectivity index (χ3v) is 5.18. The highest BCUT2D eigenvalue weighted by atomic mass is 19.1. The van der Waals surface area contributed by atoms with Gasteiger partial charge in [0.1, 0.15) is 11.3 Å². The molecule has 2 amide bonds. The summed E-state index contributed by atoms with van der Waals surface area (Å²) in [6.45, 7) is 1.73. The highest BCUT2D eigenvalue weighted by Crippen LogP contribution is 2.27. The van der Waals surface area contributed by atoms with E-state index in [-0.39, 0.29) is 29.6 Å². The molecule has 0 spiro atoms. The molecular weight excluding hydrogens is 325 g/mol. The molecule has 2 saturated heterocycles. The number of hydrogen-bond acceptors (Lipinski definition) is 4. The molecule has 0 saturated carbocycles. The maximum atomic E-state index is 13.3. The molecule has 0 radical (unpaired) electrons. The molecule has 7 nitrogen and oxygen atoms in total. The van der Waals surface area contributed by atoms with Crippen LogP contribution in [0.25, 0.3) is 11.0 Å². The van der Waals surface area contributed by atoms with Gasteiger partial charge in [-0.1, -0.05) is 5.21 Å². The van der Waals surface area contributed by atoms with Crippen LogP contribution < -0.4 is 0 Å². The lowest BCUT2D eigenvalue weighted by atomic mass is 10.0. The average Bonchev–Trinajstić information content (AvgIpc) is 3.17. The molecule has 25 heavy (non-hydrogen) atoms. The van der Waals surface area contributed by atoms with Gasteiger partial charge in [0, 0.05) is 39.2 Å². The van der Waals surface area contributed by atoms with Gasteiger partial charge in [-0.2, -0.15) is 0 Å². The lowest BCUT2D eigenvalue weighted by molar-refractivity contribution is -0.137. The molecule has 1 aromatic heterocycles. The Bertz CT molecular complexity index is 836. The van der Waals surface area contributed by atoms with Crippen molar-refractivity contribution >= 4 is 22.8 Å². The molecule has 0 unspecified atom stereocenters. The molecule has 2 atom stereocenters. The third-order valence-electron chi connectivity index (χ3n) is 5.18. The van der Waals surface area contributed by atoms with Crippen molar-refractivity contribution in [2.75, 3.05) is 26.7 Å². The Labute approximate surface area is 144 Å². The second kappa shape index (κ2) is 6.09. The summed E-state index contributed by atoms with van der Waals surface area (Å²) in [5, 5.41) is 8.22. The molecule has 1 aromatic carbocycles. The van der Waals surface area contributed by atoms with E-state index in [9.17, 15) is 14.0 Å². The predicted octanol–water partition coefficient (Wildman–Crippen LogP) is 1.21. The largest absolute Gasteiger partial charge is 0.345 e. The van der Waals surface area contributed by atoms with Gasteiger partial charge in [0.25, 0.3) is 0 Å². The van der Waals surface area contributed by atoms with Crippen LogP contribution in [0, 0.1) is 11.7 Å². The van der Waals surface area contributed by atoms with Crippen LogP contribution >= 0.6 is 0 Å². The highest BCUT2D eigenvalue weighted by molar-refractivity contribution is 5.89. The number of amides is 2. The van der Waals surface area contributed by atoms with Crippen LogP contribution in [-0.2, 0) is 9.59 Å². The molecule has 3 heterocycles. The second-order valence-corrected chi connectivity index (χ2v) is 6.92. The van der Waals surface area contributed by atoms with Crippen molar-refractivity contribution in [3.63, 3.8) is 0 Å². The highest BCUT2D eigenvalue weighted by Gasteiger charge is 2.36. The summed E-state index contributed by atoms with van der Waals surface area (Å²) >= 11 is 0. The maximum Gasteiger partial charge on any atom is 0.228 e. The van der Waals surface area contributed by atoms with Crippen molar-refractivity contribution in [3.05, 3.63) is 24.0 Å². The van der Waals surface area contributed by atoms with Crippen molar-refractivity contribution < 1.29 is 14.0 Å². The Kier molecular flexibility index (Phi) is 3.89. The molecular formula is C17H20FN5O2. The van der Waals surface area contributed by atoms with Gasteiger partial charge in [-0.15, -0.1) is 5.10 Å². The predicted molar refractivity (Wildman–Crippen MR) is 88.1 cm³/mol. The number of carbonyl (C=O) groups excluding carboxylic acids is 2. The Morgan fingerprint density at radius 2 is 2.16 bits per heavy atom. The zero-order valence-corrected chi connectivity index (χ0v) is 14.1. The monoisotopic (exact) mass is 345 g/mol. The van der Waals surface area contributed by atoms with Crippen molar-refractivity contribution in [2.24, 2.45) is 5.92 Å². The van der Waals surface area contributed by atoms with E-state index in [0.29, 0.717) is 31.6 Å². The first-order chi connectivity index (χ1) is 12.0. The summed E-state index contributed by atoms with van der Waals surface area (Å²) < 4.78 is 15.1. The quantitative estimate of drug-likeness (QED) is 0.820. The summed E-state index contributed by atoms with van der Waals surface area (Å²) in [6, 6.07) is 4.46. The number of nitrogens with zero attached hydrogens (tertiary/aromatic N) is 5. The van der Waals surface area contributed by atoms with Crippen LogP contribution in [0.3, 0.4) is 0 Å². The number of fused-ring (bicyclic) bond motifs is 1. The third kappa shape index (κ3) is 2.85. The first kappa shape index (κ1) is 16.0. The summed E-state index contributed by atoms with van der Waals surface area (Å²) in [7, 11) is 1.73. The van der Waals surface area contributed by atoms with Crippen LogP contribution in [0.1, 0.15) is 25.3 Å². The van der Waals surface area contributed by atoms with Gasteiger partial charge < -0.3 is 9.80 Å². The molecule has 2 fully saturated rings. The van der Waals surface area contributed by atoms with Gasteiger partial charge in [0.15, 0.2) is 0 Å². The number of halogens is 1. The van der Waals surface area contributed by atoms with Gasteiger partial charge in [0.2, 0.25) is 11.8 Å². The van der Waals surface area contributed by atoms with E-state index in [4.69, 9.17) is 0 Å². The maximum absolute atomic E-state index is 13.3. The molecule has 4 rings (SSSR count). The summed E-state index contributed by atoms with van der Waals surface area (Å²) in [5.74, 6) is -0.526. The van der Waals surface area contributed by atoms with Crippen molar-refractivity contribution in [3.8, 4) is 0 Å². The molecule has 2 aliphatic heterocycles. The van der Waals surface area contributed by atoms with Crippen molar-refractivity contribution in [1.29, 1.82) is 0 Å². The Morgan fingerprint density at radius 1 is 1.32 bits per heavy atom. The molecule has 2 aliphatic rings. The van der Waals surface area contributed by atoms with Gasteiger partial charge in [-0.3, -0.25) is 9.59 Å². The fourth-order valence-electron chi connectivity index (χ4n) is 3.83. The van der Waals surface area contributed by atoms with Crippen molar-refractivity contribution in [1.82, 2.24) is 24.8 Å². The fourth-order valence-corrected chi connectivity index (χ4v) is 3.83. The normalized spacial score (nSPS) is 24.3. The smallest absolute Gasteiger partial charge is 0.228 e. The van der Waals surface area contributed by atoms with Gasteiger partial charge >= 0.3 is 0 Å². The average molecular weight is 345 g/mol. The number of aromatic nitrogens is 3. The fraction of sp³-hybridized carbons (Fsp3) is 0.529. The molecule has 132 valence electrons. The van der Waals surface area contributed by atoms with Gasteiger partial charge in [0.05, 0.1) is 17.5 Å². The number of benzene rings is 1. The SMILES string of the molecule is CN1C[C@@H](C(=O)N2CCC[C@H](n3nnc4cc(F)ccc43)C2)CC1=O. The Morgan fingerprint density at radius 3 is 2.92 bits per heavy atom.